The van der Waals surface area contributed by atoms with E-state index in [0.29, 0.717) is 0 Å². The second-order valence-electron chi connectivity index (χ2n) is 2.96. The molecule has 2 heterocycles. The van der Waals surface area contributed by atoms with Gasteiger partial charge in [-0.1, -0.05) is 11.6 Å². The molecule has 5 heteroatoms. The molecule has 0 aromatic carbocycles. The quantitative estimate of drug-likeness (QED) is 0.696. The molecule has 1 aromatic rings. The van der Waals surface area contributed by atoms with Crippen molar-refractivity contribution >= 4 is 17.4 Å². The fourth-order valence-corrected chi connectivity index (χ4v) is 1.38. The van der Waals surface area contributed by atoms with E-state index in [1.807, 2.05) is 0 Å². The zero-order valence-electron chi connectivity index (χ0n) is 6.67. The molecule has 2 rings (SSSR count). The molecule has 1 fully saturated rings. The first-order chi connectivity index (χ1) is 6.16. The van der Waals surface area contributed by atoms with Crippen molar-refractivity contribution in [3.63, 3.8) is 0 Å². The van der Waals surface area contributed by atoms with Gasteiger partial charge in [0.1, 0.15) is 6.17 Å². The Morgan fingerprint density at radius 3 is 2.77 bits per heavy atom. The van der Waals surface area contributed by atoms with E-state index in [0.717, 1.165) is 0 Å². The number of pyridine rings is 1. The lowest BCUT2D eigenvalue weighted by Gasteiger charge is -2.35. The van der Waals surface area contributed by atoms with E-state index in [1.165, 1.54) is 17.2 Å². The van der Waals surface area contributed by atoms with Crippen LogP contribution in [0.4, 0.5) is 14.6 Å². The van der Waals surface area contributed by atoms with Crippen LogP contribution in [0.1, 0.15) is 0 Å². The summed E-state index contributed by atoms with van der Waals surface area (Å²) in [6.07, 6.45) is 0.489. The van der Waals surface area contributed by atoms with Gasteiger partial charge in [0, 0.05) is 6.20 Å². The van der Waals surface area contributed by atoms with Crippen LogP contribution in [0.3, 0.4) is 0 Å². The van der Waals surface area contributed by atoms with Crippen molar-refractivity contribution in [2.45, 2.75) is 6.17 Å². The summed E-state index contributed by atoms with van der Waals surface area (Å²) < 4.78 is 25.6. The SMILES string of the molecule is Fc1cc(Cl)cnc1N1CC(F)C1. The molecule has 0 spiro atoms. The third kappa shape index (κ3) is 1.58. The van der Waals surface area contributed by atoms with Gasteiger partial charge in [0.15, 0.2) is 11.6 Å². The van der Waals surface area contributed by atoms with Gasteiger partial charge in [-0.25, -0.2) is 13.8 Å². The van der Waals surface area contributed by atoms with Gasteiger partial charge in [-0.3, -0.25) is 0 Å². The minimum atomic E-state index is -0.864. The molecule has 0 amide bonds. The fraction of sp³-hybridized carbons (Fsp3) is 0.375. The maximum Gasteiger partial charge on any atom is 0.167 e. The van der Waals surface area contributed by atoms with Gasteiger partial charge in [-0.15, -0.1) is 0 Å². The summed E-state index contributed by atoms with van der Waals surface area (Å²) in [7, 11) is 0. The molecule has 1 saturated heterocycles. The minimum absolute atomic E-state index is 0.179. The van der Waals surface area contributed by atoms with Crippen LogP contribution in [0.25, 0.3) is 0 Å². The molecule has 0 aliphatic carbocycles. The first-order valence-electron chi connectivity index (χ1n) is 3.87. The van der Waals surface area contributed by atoms with Crippen molar-refractivity contribution in [2.24, 2.45) is 0 Å². The molecule has 0 saturated carbocycles. The number of aromatic nitrogens is 1. The van der Waals surface area contributed by atoms with Gasteiger partial charge in [-0.2, -0.15) is 0 Å². The van der Waals surface area contributed by atoms with E-state index in [9.17, 15) is 8.78 Å². The molecule has 1 aliphatic rings. The normalized spacial score (nSPS) is 17.3. The predicted molar refractivity (Wildman–Crippen MR) is 46.3 cm³/mol. The van der Waals surface area contributed by atoms with E-state index in [2.05, 4.69) is 4.98 Å². The highest BCUT2D eigenvalue weighted by Crippen LogP contribution is 2.24. The van der Waals surface area contributed by atoms with Gasteiger partial charge >= 0.3 is 0 Å². The average Bonchev–Trinajstić information content (AvgIpc) is 2.00. The van der Waals surface area contributed by atoms with E-state index < -0.39 is 12.0 Å². The third-order valence-electron chi connectivity index (χ3n) is 1.92. The Balaban J connectivity index is 2.21. The maximum atomic E-state index is 13.1. The lowest BCUT2D eigenvalue weighted by Crippen LogP contribution is -2.49. The summed E-state index contributed by atoms with van der Waals surface area (Å²) in [6.45, 7) is 0.428. The second kappa shape index (κ2) is 3.10. The summed E-state index contributed by atoms with van der Waals surface area (Å²) in [6, 6.07) is 1.18. The van der Waals surface area contributed by atoms with Crippen molar-refractivity contribution in [1.82, 2.24) is 4.98 Å². The summed E-state index contributed by atoms with van der Waals surface area (Å²) in [4.78, 5) is 5.32. The molecule has 0 bridgehead atoms. The largest absolute Gasteiger partial charge is 0.348 e. The van der Waals surface area contributed by atoms with Crippen LogP contribution in [0, 0.1) is 5.82 Å². The standard InChI is InChI=1S/C8H7ClF2N2/c9-5-1-7(11)8(12-2-5)13-3-6(10)4-13/h1-2,6H,3-4H2. The molecule has 0 N–H and O–H groups in total. The second-order valence-corrected chi connectivity index (χ2v) is 3.40. The smallest absolute Gasteiger partial charge is 0.167 e. The molecule has 70 valence electrons. The molecule has 0 radical (unpaired) electrons. The van der Waals surface area contributed by atoms with Gasteiger partial charge in [0.05, 0.1) is 18.1 Å². The molecular weight excluding hydrogens is 198 g/mol. The van der Waals surface area contributed by atoms with E-state index in [4.69, 9.17) is 11.6 Å². The van der Waals surface area contributed by atoms with Gasteiger partial charge in [-0.05, 0) is 6.07 Å². The Morgan fingerprint density at radius 2 is 2.23 bits per heavy atom. The minimum Gasteiger partial charge on any atom is -0.348 e. The Hall–Kier alpha value is -0.900. The van der Waals surface area contributed by atoms with Crippen LogP contribution in [0.2, 0.25) is 5.02 Å². The number of alkyl halides is 1. The van der Waals surface area contributed by atoms with Crippen molar-refractivity contribution in [3.8, 4) is 0 Å². The molecule has 2 nitrogen and oxygen atoms in total. The zero-order valence-corrected chi connectivity index (χ0v) is 7.43. The number of hydrogen-bond acceptors (Lipinski definition) is 2. The van der Waals surface area contributed by atoms with E-state index in [-0.39, 0.29) is 23.9 Å². The van der Waals surface area contributed by atoms with Crippen molar-refractivity contribution in [2.75, 3.05) is 18.0 Å². The first-order valence-corrected chi connectivity index (χ1v) is 4.24. The van der Waals surface area contributed by atoms with E-state index in [1.54, 1.807) is 0 Å². The number of halogens is 3. The third-order valence-corrected chi connectivity index (χ3v) is 2.13. The molecule has 1 aliphatic heterocycles. The van der Waals surface area contributed by atoms with Crippen LogP contribution in [-0.4, -0.2) is 24.2 Å². The maximum absolute atomic E-state index is 13.1. The molecular formula is C8H7ClF2N2. The Kier molecular flexibility index (Phi) is 2.07. The zero-order chi connectivity index (χ0) is 9.42. The fourth-order valence-electron chi connectivity index (χ4n) is 1.24. The summed E-state index contributed by atoms with van der Waals surface area (Å²) in [5.41, 5.74) is 0. The Bertz CT molecular complexity index is 326. The lowest BCUT2D eigenvalue weighted by atomic mass is 10.2. The number of hydrogen-bond donors (Lipinski definition) is 0. The highest BCUT2D eigenvalue weighted by molar-refractivity contribution is 6.30. The van der Waals surface area contributed by atoms with Crippen molar-refractivity contribution in [1.29, 1.82) is 0 Å². The van der Waals surface area contributed by atoms with Crippen LogP contribution in [0.5, 0.6) is 0 Å². The van der Waals surface area contributed by atoms with Crippen LogP contribution in [0.15, 0.2) is 12.3 Å². The molecule has 1 aromatic heterocycles. The highest BCUT2D eigenvalue weighted by atomic mass is 35.5. The summed E-state index contributed by atoms with van der Waals surface area (Å²) >= 11 is 5.52. The molecule has 13 heavy (non-hydrogen) atoms. The molecule has 0 unspecified atom stereocenters. The topological polar surface area (TPSA) is 16.1 Å². The number of rotatable bonds is 1. The van der Waals surface area contributed by atoms with Crippen LogP contribution >= 0.6 is 11.6 Å². The number of anilines is 1. The Morgan fingerprint density at radius 1 is 1.54 bits per heavy atom. The summed E-state index contributed by atoms with van der Waals surface area (Å²) in [5, 5.41) is 0.249. The number of nitrogens with zero attached hydrogens (tertiary/aromatic N) is 2. The summed E-state index contributed by atoms with van der Waals surface area (Å²) in [5.74, 6) is -0.322. The van der Waals surface area contributed by atoms with Crippen LogP contribution < -0.4 is 4.90 Å². The Labute approximate surface area is 79.1 Å². The van der Waals surface area contributed by atoms with E-state index >= 15 is 0 Å². The van der Waals surface area contributed by atoms with Gasteiger partial charge in [0.2, 0.25) is 0 Å². The lowest BCUT2D eigenvalue weighted by molar-refractivity contribution is 0.271. The molecule has 0 atom stereocenters. The average molecular weight is 205 g/mol. The highest BCUT2D eigenvalue weighted by Gasteiger charge is 2.29. The first kappa shape index (κ1) is 8.69. The monoisotopic (exact) mass is 204 g/mol. The van der Waals surface area contributed by atoms with Gasteiger partial charge in [0.25, 0.3) is 0 Å². The predicted octanol–water partition coefficient (Wildman–Crippen LogP) is 2.03. The van der Waals surface area contributed by atoms with Crippen LogP contribution in [-0.2, 0) is 0 Å². The van der Waals surface area contributed by atoms with Crippen molar-refractivity contribution in [3.05, 3.63) is 23.1 Å². The van der Waals surface area contributed by atoms with Gasteiger partial charge < -0.3 is 4.90 Å². The van der Waals surface area contributed by atoms with Crippen molar-refractivity contribution < 1.29 is 8.78 Å².